The average molecular weight is 381 g/mol. The molecule has 1 aliphatic heterocycles. The van der Waals surface area contributed by atoms with E-state index in [4.69, 9.17) is 0 Å². The molecule has 2 rings (SSSR count). The number of benzene rings is 1. The van der Waals surface area contributed by atoms with Crippen LogP contribution in [0.5, 0.6) is 0 Å². The Balaban J connectivity index is 1.92. The standard InChI is InChI=1S/C19H25F2N3O3/c1-3-15-16(5-4-6-22-19(15)27)24-18(26)11(2)23-17(25)9-12-7-13(20)10-14(21)8-12/h7-8,10-11,15-16H,3-6,9H2,1-2H3,(H,22,27)(H,23,25)(H,24,26)/t11-,15?,16-/m0/s1. The van der Waals surface area contributed by atoms with Crippen molar-refractivity contribution in [1.82, 2.24) is 16.0 Å². The monoisotopic (exact) mass is 381 g/mol. The first kappa shape index (κ1) is 20.8. The van der Waals surface area contributed by atoms with Crippen molar-refractivity contribution >= 4 is 17.7 Å². The molecule has 3 N–H and O–H groups in total. The number of hydrogen-bond acceptors (Lipinski definition) is 3. The third-order valence-electron chi connectivity index (χ3n) is 4.64. The van der Waals surface area contributed by atoms with Crippen LogP contribution in [0.15, 0.2) is 18.2 Å². The minimum atomic E-state index is -0.834. The van der Waals surface area contributed by atoms with Crippen LogP contribution in [0.3, 0.4) is 0 Å². The van der Waals surface area contributed by atoms with E-state index < -0.39 is 29.5 Å². The lowest BCUT2D eigenvalue weighted by Gasteiger charge is -2.25. The molecular weight excluding hydrogens is 356 g/mol. The Kier molecular flexibility index (Phi) is 7.27. The van der Waals surface area contributed by atoms with Crippen molar-refractivity contribution in [2.45, 2.75) is 51.6 Å². The van der Waals surface area contributed by atoms with E-state index >= 15 is 0 Å². The quantitative estimate of drug-likeness (QED) is 0.697. The van der Waals surface area contributed by atoms with Crippen LogP contribution >= 0.6 is 0 Å². The second kappa shape index (κ2) is 9.43. The van der Waals surface area contributed by atoms with Gasteiger partial charge in [0.05, 0.1) is 12.3 Å². The summed E-state index contributed by atoms with van der Waals surface area (Å²) in [7, 11) is 0. The predicted molar refractivity (Wildman–Crippen MR) is 95.6 cm³/mol. The topological polar surface area (TPSA) is 87.3 Å². The van der Waals surface area contributed by atoms with E-state index in [9.17, 15) is 23.2 Å². The predicted octanol–water partition coefficient (Wildman–Crippen LogP) is 1.43. The lowest BCUT2D eigenvalue weighted by atomic mass is 9.93. The van der Waals surface area contributed by atoms with Crippen molar-refractivity contribution in [2.24, 2.45) is 5.92 Å². The van der Waals surface area contributed by atoms with Gasteiger partial charge >= 0.3 is 0 Å². The van der Waals surface area contributed by atoms with Crippen molar-refractivity contribution in [3.05, 3.63) is 35.4 Å². The molecule has 0 bridgehead atoms. The fourth-order valence-corrected chi connectivity index (χ4v) is 3.26. The molecule has 8 heteroatoms. The van der Waals surface area contributed by atoms with Crippen LogP contribution in [0.1, 0.15) is 38.7 Å². The molecule has 3 amide bonds. The zero-order valence-corrected chi connectivity index (χ0v) is 15.5. The summed E-state index contributed by atoms with van der Waals surface area (Å²) < 4.78 is 26.4. The van der Waals surface area contributed by atoms with Crippen LogP contribution in [-0.2, 0) is 20.8 Å². The van der Waals surface area contributed by atoms with E-state index in [0.29, 0.717) is 19.4 Å². The molecular formula is C19H25F2N3O3. The van der Waals surface area contributed by atoms with E-state index in [1.807, 2.05) is 6.92 Å². The maximum atomic E-state index is 13.2. The molecule has 27 heavy (non-hydrogen) atoms. The van der Waals surface area contributed by atoms with Gasteiger partial charge in [0.1, 0.15) is 17.7 Å². The van der Waals surface area contributed by atoms with E-state index in [0.717, 1.165) is 24.6 Å². The molecule has 1 unspecified atom stereocenters. The highest BCUT2D eigenvalue weighted by atomic mass is 19.1. The normalized spacial score (nSPS) is 21.0. The SMILES string of the molecule is CCC1C(=O)NCCC[C@@H]1NC(=O)[C@H](C)NC(=O)Cc1cc(F)cc(F)c1. The van der Waals surface area contributed by atoms with Crippen LogP contribution in [0.4, 0.5) is 8.78 Å². The summed E-state index contributed by atoms with van der Waals surface area (Å²) in [6, 6.07) is 1.75. The van der Waals surface area contributed by atoms with Gasteiger partial charge in [-0.1, -0.05) is 6.92 Å². The summed E-state index contributed by atoms with van der Waals surface area (Å²) >= 11 is 0. The third kappa shape index (κ3) is 6.01. The van der Waals surface area contributed by atoms with E-state index in [-0.39, 0.29) is 29.9 Å². The molecule has 0 saturated carbocycles. The fourth-order valence-electron chi connectivity index (χ4n) is 3.26. The summed E-state index contributed by atoms with van der Waals surface area (Å²) in [6.45, 7) is 3.99. The van der Waals surface area contributed by atoms with Gasteiger partial charge in [-0.15, -0.1) is 0 Å². The van der Waals surface area contributed by atoms with Gasteiger partial charge in [-0.3, -0.25) is 14.4 Å². The van der Waals surface area contributed by atoms with Crippen LogP contribution in [0, 0.1) is 17.6 Å². The van der Waals surface area contributed by atoms with Gasteiger partial charge in [0.25, 0.3) is 0 Å². The Hall–Kier alpha value is -2.51. The summed E-state index contributed by atoms with van der Waals surface area (Å²) in [4.78, 5) is 36.5. The van der Waals surface area contributed by atoms with E-state index in [1.165, 1.54) is 6.92 Å². The largest absolute Gasteiger partial charge is 0.356 e. The summed E-state index contributed by atoms with van der Waals surface area (Å²) in [5.74, 6) is -2.83. The van der Waals surface area contributed by atoms with E-state index in [2.05, 4.69) is 16.0 Å². The third-order valence-corrected chi connectivity index (χ3v) is 4.64. The first-order valence-electron chi connectivity index (χ1n) is 9.12. The van der Waals surface area contributed by atoms with Crippen molar-refractivity contribution in [2.75, 3.05) is 6.54 Å². The average Bonchev–Trinajstić information content (AvgIpc) is 2.74. The Morgan fingerprint density at radius 3 is 2.56 bits per heavy atom. The molecule has 1 aromatic rings. The van der Waals surface area contributed by atoms with Gasteiger partial charge in [0, 0.05) is 18.7 Å². The number of amides is 3. The molecule has 1 aliphatic rings. The lowest BCUT2D eigenvalue weighted by Crippen LogP contribution is -2.51. The number of nitrogens with one attached hydrogen (secondary N) is 3. The minimum absolute atomic E-state index is 0.0786. The number of halogens is 2. The van der Waals surface area contributed by atoms with Crippen LogP contribution in [0.25, 0.3) is 0 Å². The molecule has 0 spiro atoms. The maximum Gasteiger partial charge on any atom is 0.242 e. The number of hydrogen-bond donors (Lipinski definition) is 3. The van der Waals surface area contributed by atoms with Crippen molar-refractivity contribution in [3.8, 4) is 0 Å². The zero-order valence-electron chi connectivity index (χ0n) is 15.5. The fraction of sp³-hybridized carbons (Fsp3) is 0.526. The van der Waals surface area contributed by atoms with Crippen molar-refractivity contribution in [3.63, 3.8) is 0 Å². The molecule has 1 heterocycles. The van der Waals surface area contributed by atoms with Crippen LogP contribution in [0.2, 0.25) is 0 Å². The molecule has 3 atom stereocenters. The molecule has 6 nitrogen and oxygen atoms in total. The minimum Gasteiger partial charge on any atom is -0.356 e. The molecule has 0 aliphatic carbocycles. The molecule has 1 fully saturated rings. The van der Waals surface area contributed by atoms with Crippen LogP contribution in [-0.4, -0.2) is 36.3 Å². The Morgan fingerprint density at radius 1 is 1.26 bits per heavy atom. The first-order chi connectivity index (χ1) is 12.8. The number of rotatable bonds is 6. The van der Waals surface area contributed by atoms with Gasteiger partial charge in [-0.05, 0) is 43.9 Å². The van der Waals surface area contributed by atoms with Crippen LogP contribution < -0.4 is 16.0 Å². The molecule has 1 aromatic carbocycles. The number of carbonyl (C=O) groups is 3. The van der Waals surface area contributed by atoms with Crippen molar-refractivity contribution < 1.29 is 23.2 Å². The second-order valence-corrected chi connectivity index (χ2v) is 6.81. The van der Waals surface area contributed by atoms with Gasteiger partial charge < -0.3 is 16.0 Å². The highest BCUT2D eigenvalue weighted by Crippen LogP contribution is 2.17. The highest BCUT2D eigenvalue weighted by molar-refractivity contribution is 5.89. The Labute approximate surface area is 157 Å². The van der Waals surface area contributed by atoms with E-state index in [1.54, 1.807) is 0 Å². The molecule has 0 radical (unpaired) electrons. The molecule has 0 aromatic heterocycles. The van der Waals surface area contributed by atoms with Gasteiger partial charge in [0.15, 0.2) is 0 Å². The smallest absolute Gasteiger partial charge is 0.242 e. The van der Waals surface area contributed by atoms with Gasteiger partial charge in [-0.2, -0.15) is 0 Å². The summed E-state index contributed by atoms with van der Waals surface area (Å²) in [6.07, 6.45) is 1.80. The maximum absolute atomic E-state index is 13.2. The second-order valence-electron chi connectivity index (χ2n) is 6.81. The van der Waals surface area contributed by atoms with Crippen molar-refractivity contribution in [1.29, 1.82) is 0 Å². The Morgan fingerprint density at radius 2 is 1.93 bits per heavy atom. The molecule has 1 saturated heterocycles. The lowest BCUT2D eigenvalue weighted by molar-refractivity contribution is -0.130. The Bertz CT molecular complexity index is 691. The zero-order chi connectivity index (χ0) is 20.0. The number of carbonyl (C=O) groups excluding carboxylic acids is 3. The van der Waals surface area contributed by atoms with Gasteiger partial charge in [-0.25, -0.2) is 8.78 Å². The summed E-state index contributed by atoms with van der Waals surface area (Å²) in [5.41, 5.74) is 0.184. The summed E-state index contributed by atoms with van der Waals surface area (Å²) in [5, 5.41) is 8.19. The highest BCUT2D eigenvalue weighted by Gasteiger charge is 2.31. The molecule has 148 valence electrons. The van der Waals surface area contributed by atoms with Gasteiger partial charge in [0.2, 0.25) is 17.7 Å². The first-order valence-corrected chi connectivity index (χ1v) is 9.12.